The molecule has 0 spiro atoms. The predicted molar refractivity (Wildman–Crippen MR) is 77.7 cm³/mol. The average Bonchev–Trinajstić information content (AvgIpc) is 2.41. The zero-order chi connectivity index (χ0) is 14.7. The van der Waals surface area contributed by atoms with Crippen molar-refractivity contribution in [2.45, 2.75) is 6.92 Å². The molecule has 0 saturated heterocycles. The number of hydrogen-bond acceptors (Lipinski definition) is 4. The zero-order valence-electron chi connectivity index (χ0n) is 10.5. The number of amides is 1. The number of halogens is 1. The maximum absolute atomic E-state index is 12.0. The van der Waals surface area contributed by atoms with Gasteiger partial charge in [0.2, 0.25) is 0 Å². The van der Waals surface area contributed by atoms with E-state index in [1.165, 1.54) is 12.1 Å². The topological polar surface area (TPSA) is 85.1 Å². The van der Waals surface area contributed by atoms with E-state index in [-0.39, 0.29) is 11.3 Å². The molecule has 1 N–H and O–H groups in total. The first-order valence-corrected chi connectivity index (χ1v) is 6.44. The molecule has 1 heterocycles. The molecule has 102 valence electrons. The van der Waals surface area contributed by atoms with Gasteiger partial charge in [0.15, 0.2) is 0 Å². The van der Waals surface area contributed by atoms with E-state index in [9.17, 15) is 14.9 Å². The summed E-state index contributed by atoms with van der Waals surface area (Å²) in [4.78, 5) is 26.3. The van der Waals surface area contributed by atoms with Gasteiger partial charge in [0.25, 0.3) is 11.6 Å². The number of aromatic nitrogens is 1. The fourth-order valence-corrected chi connectivity index (χ4v) is 1.82. The van der Waals surface area contributed by atoms with Gasteiger partial charge in [-0.3, -0.25) is 14.9 Å². The summed E-state index contributed by atoms with van der Waals surface area (Å²) < 4.78 is 0.793. The number of aryl methyl sites for hydroxylation is 1. The summed E-state index contributed by atoms with van der Waals surface area (Å²) in [5.74, 6) is -0.0654. The zero-order valence-corrected chi connectivity index (χ0v) is 12.0. The number of nitro groups is 1. The minimum atomic E-state index is -0.510. The Kier molecular flexibility index (Phi) is 4.09. The molecular weight excluding hydrogens is 326 g/mol. The number of carbonyl (C=O) groups is 1. The number of anilines is 1. The molecule has 0 aliphatic rings. The summed E-state index contributed by atoms with van der Waals surface area (Å²) in [5, 5.41) is 13.4. The Morgan fingerprint density at radius 1 is 1.35 bits per heavy atom. The van der Waals surface area contributed by atoms with Crippen molar-refractivity contribution in [3.05, 3.63) is 62.2 Å². The standard InChI is InChI=1S/C13H10BrN3O3/c1-8-2-3-9(6-11(8)17(19)20)13(18)16-12-5-4-10(14)7-15-12/h2-7H,1H3,(H,15,16,18). The third-order valence-electron chi connectivity index (χ3n) is 2.64. The lowest BCUT2D eigenvalue weighted by atomic mass is 10.1. The predicted octanol–water partition coefficient (Wildman–Crippen LogP) is 3.31. The summed E-state index contributed by atoms with van der Waals surface area (Å²) in [6.45, 7) is 1.62. The fraction of sp³-hybridized carbons (Fsp3) is 0.0769. The van der Waals surface area contributed by atoms with Gasteiger partial charge < -0.3 is 5.32 Å². The van der Waals surface area contributed by atoms with Gasteiger partial charge in [-0.1, -0.05) is 6.07 Å². The minimum absolute atomic E-state index is 0.0820. The molecule has 0 fully saturated rings. The number of hydrogen-bond donors (Lipinski definition) is 1. The number of rotatable bonds is 3. The first-order chi connectivity index (χ1) is 9.47. The normalized spacial score (nSPS) is 10.1. The van der Waals surface area contributed by atoms with Crippen LogP contribution in [0.25, 0.3) is 0 Å². The Bertz CT molecular complexity index is 671. The van der Waals surface area contributed by atoms with Crippen LogP contribution in [0.1, 0.15) is 15.9 Å². The van der Waals surface area contributed by atoms with Crippen molar-refractivity contribution >= 4 is 33.3 Å². The van der Waals surface area contributed by atoms with Crippen LogP contribution in [-0.2, 0) is 0 Å². The van der Waals surface area contributed by atoms with Crippen LogP contribution in [0.3, 0.4) is 0 Å². The maximum Gasteiger partial charge on any atom is 0.273 e. The number of nitro benzene ring substituents is 1. The first-order valence-electron chi connectivity index (χ1n) is 5.65. The molecular formula is C13H10BrN3O3. The second kappa shape index (κ2) is 5.79. The second-order valence-corrected chi connectivity index (χ2v) is 4.99. The van der Waals surface area contributed by atoms with Crippen molar-refractivity contribution in [1.82, 2.24) is 4.98 Å². The van der Waals surface area contributed by atoms with Crippen molar-refractivity contribution in [1.29, 1.82) is 0 Å². The average molecular weight is 336 g/mol. The van der Waals surface area contributed by atoms with Gasteiger partial charge >= 0.3 is 0 Å². The molecule has 1 amide bonds. The van der Waals surface area contributed by atoms with Crippen LogP contribution < -0.4 is 5.32 Å². The van der Waals surface area contributed by atoms with Gasteiger partial charge in [-0.05, 0) is 41.1 Å². The molecule has 0 aliphatic heterocycles. The van der Waals surface area contributed by atoms with Crippen LogP contribution >= 0.6 is 15.9 Å². The van der Waals surface area contributed by atoms with E-state index in [4.69, 9.17) is 0 Å². The van der Waals surface area contributed by atoms with Crippen LogP contribution in [-0.4, -0.2) is 15.8 Å². The lowest BCUT2D eigenvalue weighted by molar-refractivity contribution is -0.385. The van der Waals surface area contributed by atoms with E-state index in [1.807, 2.05) is 0 Å². The lowest BCUT2D eigenvalue weighted by Crippen LogP contribution is -2.13. The number of benzene rings is 1. The van der Waals surface area contributed by atoms with Crippen LogP contribution in [0.4, 0.5) is 11.5 Å². The maximum atomic E-state index is 12.0. The number of nitrogens with one attached hydrogen (secondary N) is 1. The molecule has 0 bridgehead atoms. The molecule has 1 aromatic heterocycles. The van der Waals surface area contributed by atoms with E-state index < -0.39 is 10.8 Å². The highest BCUT2D eigenvalue weighted by atomic mass is 79.9. The van der Waals surface area contributed by atoms with E-state index in [0.29, 0.717) is 11.4 Å². The molecule has 2 rings (SSSR count). The molecule has 0 aliphatic carbocycles. The van der Waals surface area contributed by atoms with E-state index >= 15 is 0 Å². The Labute approximate surface area is 123 Å². The van der Waals surface area contributed by atoms with Crippen molar-refractivity contribution < 1.29 is 9.72 Å². The molecule has 0 atom stereocenters. The molecule has 2 aromatic rings. The molecule has 6 nitrogen and oxygen atoms in total. The number of pyridine rings is 1. The summed E-state index contributed by atoms with van der Waals surface area (Å²) in [6.07, 6.45) is 1.55. The van der Waals surface area contributed by atoms with Gasteiger partial charge in [-0.25, -0.2) is 4.98 Å². The van der Waals surface area contributed by atoms with Gasteiger partial charge in [-0.2, -0.15) is 0 Å². The third-order valence-corrected chi connectivity index (χ3v) is 3.11. The van der Waals surface area contributed by atoms with Crippen LogP contribution in [0.2, 0.25) is 0 Å². The Morgan fingerprint density at radius 2 is 2.10 bits per heavy atom. The quantitative estimate of drug-likeness (QED) is 0.688. The van der Waals surface area contributed by atoms with E-state index in [2.05, 4.69) is 26.2 Å². The SMILES string of the molecule is Cc1ccc(C(=O)Nc2ccc(Br)cn2)cc1[N+](=O)[O-]. The Hall–Kier alpha value is -2.28. The third kappa shape index (κ3) is 3.18. The molecule has 1 aromatic carbocycles. The molecule has 0 unspecified atom stereocenters. The molecule has 0 saturated carbocycles. The molecule has 0 radical (unpaired) electrons. The van der Waals surface area contributed by atoms with Gasteiger partial charge in [0, 0.05) is 27.9 Å². The van der Waals surface area contributed by atoms with Gasteiger partial charge in [0.05, 0.1) is 4.92 Å². The Morgan fingerprint density at radius 3 is 2.70 bits per heavy atom. The number of carbonyl (C=O) groups excluding carboxylic acids is 1. The van der Waals surface area contributed by atoms with Crippen LogP contribution in [0.5, 0.6) is 0 Å². The minimum Gasteiger partial charge on any atom is -0.307 e. The molecule has 20 heavy (non-hydrogen) atoms. The van der Waals surface area contributed by atoms with Crippen LogP contribution in [0.15, 0.2) is 41.0 Å². The van der Waals surface area contributed by atoms with E-state index in [1.54, 1.807) is 31.3 Å². The monoisotopic (exact) mass is 335 g/mol. The molecule has 7 heteroatoms. The highest BCUT2D eigenvalue weighted by Crippen LogP contribution is 2.20. The van der Waals surface area contributed by atoms with Crippen molar-refractivity contribution in [3.8, 4) is 0 Å². The lowest BCUT2D eigenvalue weighted by Gasteiger charge is -2.05. The summed E-state index contributed by atoms with van der Waals surface area (Å²) >= 11 is 3.24. The van der Waals surface area contributed by atoms with Crippen molar-refractivity contribution in [2.75, 3.05) is 5.32 Å². The fourth-order valence-electron chi connectivity index (χ4n) is 1.59. The van der Waals surface area contributed by atoms with Gasteiger partial charge in [0.1, 0.15) is 5.82 Å². The summed E-state index contributed by atoms with van der Waals surface area (Å²) in [6, 6.07) is 7.70. The largest absolute Gasteiger partial charge is 0.307 e. The second-order valence-electron chi connectivity index (χ2n) is 4.07. The van der Waals surface area contributed by atoms with E-state index in [0.717, 1.165) is 4.47 Å². The van der Waals surface area contributed by atoms with Crippen molar-refractivity contribution in [3.63, 3.8) is 0 Å². The smallest absolute Gasteiger partial charge is 0.273 e. The van der Waals surface area contributed by atoms with Crippen LogP contribution in [0, 0.1) is 17.0 Å². The highest BCUT2D eigenvalue weighted by Gasteiger charge is 2.15. The highest BCUT2D eigenvalue weighted by molar-refractivity contribution is 9.10. The summed E-state index contributed by atoms with van der Waals surface area (Å²) in [5.41, 5.74) is 0.641. The van der Waals surface area contributed by atoms with Gasteiger partial charge in [-0.15, -0.1) is 0 Å². The first kappa shape index (κ1) is 14.1. The Balaban J connectivity index is 2.23. The summed E-state index contributed by atoms with van der Waals surface area (Å²) in [7, 11) is 0. The number of nitrogens with zero attached hydrogens (tertiary/aromatic N) is 2. The van der Waals surface area contributed by atoms with Crippen molar-refractivity contribution in [2.24, 2.45) is 0 Å².